The van der Waals surface area contributed by atoms with Gasteiger partial charge in [0, 0.05) is 6.04 Å². The predicted molar refractivity (Wildman–Crippen MR) is 71.6 cm³/mol. The van der Waals surface area contributed by atoms with Gasteiger partial charge in [-0.05, 0) is 63.8 Å². The zero-order valence-electron chi connectivity index (χ0n) is 11.1. The summed E-state index contributed by atoms with van der Waals surface area (Å²) >= 11 is 0. The standard InChI is InChI=1S/C15H23NO/c1-11(2)17-15-6-4-5-12(10-15)13-7-8-14(9-13)16-3/h4-6,10-11,13-14,16H,7-9H2,1-3H3. The van der Waals surface area contributed by atoms with E-state index in [2.05, 4.69) is 44.4 Å². The number of rotatable bonds is 4. The number of benzene rings is 1. The molecule has 0 heterocycles. The maximum Gasteiger partial charge on any atom is 0.119 e. The van der Waals surface area contributed by atoms with E-state index in [1.165, 1.54) is 24.8 Å². The third-order valence-corrected chi connectivity index (χ3v) is 3.54. The van der Waals surface area contributed by atoms with Gasteiger partial charge >= 0.3 is 0 Å². The highest BCUT2D eigenvalue weighted by Gasteiger charge is 2.24. The molecule has 2 atom stereocenters. The summed E-state index contributed by atoms with van der Waals surface area (Å²) in [5.74, 6) is 1.70. The molecule has 0 spiro atoms. The summed E-state index contributed by atoms with van der Waals surface area (Å²) in [6.45, 7) is 4.14. The highest BCUT2D eigenvalue weighted by atomic mass is 16.5. The van der Waals surface area contributed by atoms with Crippen LogP contribution in [0.2, 0.25) is 0 Å². The number of ether oxygens (including phenoxy) is 1. The first-order valence-electron chi connectivity index (χ1n) is 6.63. The van der Waals surface area contributed by atoms with Gasteiger partial charge in [-0.1, -0.05) is 12.1 Å². The van der Waals surface area contributed by atoms with Crippen LogP contribution in [0.5, 0.6) is 5.75 Å². The molecule has 0 aliphatic heterocycles. The summed E-state index contributed by atoms with van der Waals surface area (Å²) in [5, 5.41) is 3.38. The van der Waals surface area contributed by atoms with Crippen LogP contribution in [0.25, 0.3) is 0 Å². The first-order valence-corrected chi connectivity index (χ1v) is 6.63. The zero-order chi connectivity index (χ0) is 12.3. The summed E-state index contributed by atoms with van der Waals surface area (Å²) in [4.78, 5) is 0. The highest BCUT2D eigenvalue weighted by molar-refractivity contribution is 5.31. The Morgan fingerprint density at radius 3 is 2.76 bits per heavy atom. The van der Waals surface area contributed by atoms with Gasteiger partial charge in [0.1, 0.15) is 5.75 Å². The van der Waals surface area contributed by atoms with Crippen LogP contribution in [0.3, 0.4) is 0 Å². The summed E-state index contributed by atoms with van der Waals surface area (Å²) in [7, 11) is 2.06. The molecule has 1 aliphatic rings. The molecule has 1 fully saturated rings. The monoisotopic (exact) mass is 233 g/mol. The van der Waals surface area contributed by atoms with Crippen LogP contribution in [0.4, 0.5) is 0 Å². The molecule has 0 bridgehead atoms. The topological polar surface area (TPSA) is 21.3 Å². The van der Waals surface area contributed by atoms with Crippen molar-refractivity contribution < 1.29 is 4.74 Å². The van der Waals surface area contributed by atoms with Crippen molar-refractivity contribution in [1.29, 1.82) is 0 Å². The highest BCUT2D eigenvalue weighted by Crippen LogP contribution is 2.35. The maximum atomic E-state index is 5.75. The first-order chi connectivity index (χ1) is 8.19. The van der Waals surface area contributed by atoms with Crippen LogP contribution in [-0.4, -0.2) is 19.2 Å². The van der Waals surface area contributed by atoms with Crippen LogP contribution in [0, 0.1) is 0 Å². The van der Waals surface area contributed by atoms with Gasteiger partial charge in [-0.2, -0.15) is 0 Å². The minimum absolute atomic E-state index is 0.249. The Hall–Kier alpha value is -1.02. The smallest absolute Gasteiger partial charge is 0.119 e. The van der Waals surface area contributed by atoms with E-state index >= 15 is 0 Å². The van der Waals surface area contributed by atoms with E-state index < -0.39 is 0 Å². The predicted octanol–water partition coefficient (Wildman–Crippen LogP) is 3.33. The second-order valence-electron chi connectivity index (χ2n) is 5.23. The summed E-state index contributed by atoms with van der Waals surface area (Å²) in [6, 6.07) is 9.29. The van der Waals surface area contributed by atoms with Crippen molar-refractivity contribution in [2.24, 2.45) is 0 Å². The van der Waals surface area contributed by atoms with Crippen LogP contribution in [-0.2, 0) is 0 Å². The molecule has 1 aromatic carbocycles. The summed E-state index contributed by atoms with van der Waals surface area (Å²) in [6.07, 6.45) is 4.08. The molecule has 0 radical (unpaired) electrons. The van der Waals surface area contributed by atoms with E-state index in [1.807, 2.05) is 6.07 Å². The molecular formula is C15H23NO. The third-order valence-electron chi connectivity index (χ3n) is 3.54. The average molecular weight is 233 g/mol. The molecule has 0 saturated heterocycles. The van der Waals surface area contributed by atoms with Crippen molar-refractivity contribution in [3.63, 3.8) is 0 Å². The quantitative estimate of drug-likeness (QED) is 0.861. The maximum absolute atomic E-state index is 5.75. The van der Waals surface area contributed by atoms with Crippen molar-refractivity contribution in [1.82, 2.24) is 5.32 Å². The number of hydrogen-bond acceptors (Lipinski definition) is 2. The van der Waals surface area contributed by atoms with E-state index in [0.29, 0.717) is 12.0 Å². The number of hydrogen-bond donors (Lipinski definition) is 1. The molecule has 2 heteroatoms. The van der Waals surface area contributed by atoms with Crippen molar-refractivity contribution in [3.05, 3.63) is 29.8 Å². The first kappa shape index (κ1) is 12.4. The SMILES string of the molecule is CNC1CCC(c2cccc(OC(C)C)c2)C1. The lowest BCUT2D eigenvalue weighted by atomic mass is 9.97. The van der Waals surface area contributed by atoms with Gasteiger partial charge in [0.25, 0.3) is 0 Å². The van der Waals surface area contributed by atoms with Gasteiger partial charge in [0.05, 0.1) is 6.10 Å². The fourth-order valence-corrected chi connectivity index (χ4v) is 2.66. The van der Waals surface area contributed by atoms with Crippen molar-refractivity contribution in [3.8, 4) is 5.75 Å². The second-order valence-corrected chi connectivity index (χ2v) is 5.23. The number of nitrogens with one attached hydrogen (secondary N) is 1. The average Bonchev–Trinajstić information content (AvgIpc) is 2.77. The Morgan fingerprint density at radius 1 is 1.29 bits per heavy atom. The van der Waals surface area contributed by atoms with E-state index in [0.717, 1.165) is 5.75 Å². The Kier molecular flexibility index (Phi) is 4.06. The lowest BCUT2D eigenvalue weighted by Crippen LogP contribution is -2.21. The largest absolute Gasteiger partial charge is 0.491 e. The molecule has 1 aromatic rings. The Bertz CT molecular complexity index is 362. The fourth-order valence-electron chi connectivity index (χ4n) is 2.66. The van der Waals surface area contributed by atoms with Gasteiger partial charge in [-0.3, -0.25) is 0 Å². The van der Waals surface area contributed by atoms with Crippen molar-refractivity contribution in [2.45, 2.75) is 51.2 Å². The van der Waals surface area contributed by atoms with Crippen LogP contribution in [0.15, 0.2) is 24.3 Å². The van der Waals surface area contributed by atoms with Crippen LogP contribution in [0.1, 0.15) is 44.6 Å². The minimum Gasteiger partial charge on any atom is -0.491 e. The molecule has 94 valence electrons. The van der Waals surface area contributed by atoms with E-state index in [9.17, 15) is 0 Å². The Labute approximate surface area is 104 Å². The summed E-state index contributed by atoms with van der Waals surface area (Å²) in [5.41, 5.74) is 1.43. The zero-order valence-corrected chi connectivity index (χ0v) is 11.1. The molecule has 2 rings (SSSR count). The molecule has 2 unspecified atom stereocenters. The van der Waals surface area contributed by atoms with E-state index in [-0.39, 0.29) is 6.10 Å². The van der Waals surface area contributed by atoms with Gasteiger partial charge in [-0.15, -0.1) is 0 Å². The molecular weight excluding hydrogens is 210 g/mol. The Balaban J connectivity index is 2.06. The van der Waals surface area contributed by atoms with Crippen molar-refractivity contribution >= 4 is 0 Å². The molecule has 1 aliphatic carbocycles. The molecule has 1 N–H and O–H groups in total. The fraction of sp³-hybridized carbons (Fsp3) is 0.600. The molecule has 1 saturated carbocycles. The lowest BCUT2D eigenvalue weighted by molar-refractivity contribution is 0.242. The molecule has 17 heavy (non-hydrogen) atoms. The van der Waals surface area contributed by atoms with Gasteiger partial charge in [0.15, 0.2) is 0 Å². The lowest BCUT2D eigenvalue weighted by Gasteiger charge is -2.14. The Morgan fingerprint density at radius 2 is 2.12 bits per heavy atom. The molecule has 0 amide bonds. The van der Waals surface area contributed by atoms with Gasteiger partial charge < -0.3 is 10.1 Å². The van der Waals surface area contributed by atoms with E-state index in [1.54, 1.807) is 0 Å². The van der Waals surface area contributed by atoms with E-state index in [4.69, 9.17) is 4.74 Å². The summed E-state index contributed by atoms with van der Waals surface area (Å²) < 4.78 is 5.75. The second kappa shape index (κ2) is 5.54. The molecule has 0 aromatic heterocycles. The van der Waals surface area contributed by atoms with Crippen LogP contribution < -0.4 is 10.1 Å². The van der Waals surface area contributed by atoms with Gasteiger partial charge in [0.2, 0.25) is 0 Å². The third kappa shape index (κ3) is 3.22. The van der Waals surface area contributed by atoms with Gasteiger partial charge in [-0.25, -0.2) is 0 Å². The normalized spacial score (nSPS) is 24.2. The van der Waals surface area contributed by atoms with Crippen molar-refractivity contribution in [2.75, 3.05) is 7.05 Å². The van der Waals surface area contributed by atoms with Crippen LogP contribution >= 0.6 is 0 Å². The minimum atomic E-state index is 0.249. The molecule has 2 nitrogen and oxygen atoms in total.